The van der Waals surface area contributed by atoms with Crippen LogP contribution >= 0.6 is 0 Å². The van der Waals surface area contributed by atoms with E-state index in [1.165, 1.54) is 6.92 Å². The summed E-state index contributed by atoms with van der Waals surface area (Å²) in [6.07, 6.45) is 3.03. The topological polar surface area (TPSA) is 111 Å². The first kappa shape index (κ1) is 18.5. The molecule has 0 bridgehead atoms. The third-order valence-electron chi connectivity index (χ3n) is 3.98. The molecule has 1 aromatic heterocycles. The molecule has 1 aromatic carbocycles. The zero-order valence-electron chi connectivity index (χ0n) is 14.3. The molecule has 4 N–H and O–H groups in total. The van der Waals surface area contributed by atoms with E-state index < -0.39 is 24.0 Å². The van der Waals surface area contributed by atoms with Crippen molar-refractivity contribution in [3.8, 4) is 0 Å². The lowest BCUT2D eigenvalue weighted by atomic mass is 10.0. The van der Waals surface area contributed by atoms with Crippen LogP contribution in [0.3, 0.4) is 0 Å². The second-order valence-electron chi connectivity index (χ2n) is 6.00. The lowest BCUT2D eigenvalue weighted by molar-refractivity contribution is -0.142. The molecule has 0 fully saturated rings. The number of rotatable bonds is 8. The molecule has 7 heteroatoms. The van der Waals surface area contributed by atoms with E-state index >= 15 is 0 Å². The third-order valence-corrected chi connectivity index (χ3v) is 3.98. The number of aliphatic carboxylic acids is 1. The molecule has 1 heterocycles. The molecule has 0 saturated heterocycles. The highest BCUT2D eigenvalue weighted by Gasteiger charge is 2.26. The summed E-state index contributed by atoms with van der Waals surface area (Å²) >= 11 is 0. The predicted octanol–water partition coefficient (Wildman–Crippen LogP) is 1.58. The minimum Gasteiger partial charge on any atom is -0.480 e. The molecule has 2 atom stereocenters. The van der Waals surface area contributed by atoms with E-state index in [9.17, 15) is 19.5 Å². The number of hydrogen-bond donors (Lipinski definition) is 4. The molecular weight excluding hydrogens is 322 g/mol. The molecule has 2 rings (SSSR count). The van der Waals surface area contributed by atoms with Gasteiger partial charge in [0.2, 0.25) is 11.8 Å². The first-order valence-corrected chi connectivity index (χ1v) is 8.27. The van der Waals surface area contributed by atoms with E-state index in [1.807, 2.05) is 31.2 Å². The Bertz CT molecular complexity index is 769. The maximum atomic E-state index is 12.5. The molecule has 0 aliphatic heterocycles. The molecule has 0 spiro atoms. The number of hydrogen-bond acceptors (Lipinski definition) is 3. The maximum Gasteiger partial charge on any atom is 0.326 e. The van der Waals surface area contributed by atoms with Crippen LogP contribution in [0.15, 0.2) is 30.5 Å². The van der Waals surface area contributed by atoms with Crippen molar-refractivity contribution < 1.29 is 19.5 Å². The number of carbonyl (C=O) groups excluding carboxylic acids is 2. The van der Waals surface area contributed by atoms with Crippen LogP contribution in [-0.2, 0) is 20.8 Å². The molecule has 0 radical (unpaired) electrons. The Hall–Kier alpha value is -2.83. The second-order valence-corrected chi connectivity index (χ2v) is 6.00. The van der Waals surface area contributed by atoms with E-state index in [0.29, 0.717) is 12.8 Å². The lowest BCUT2D eigenvalue weighted by Gasteiger charge is -2.20. The zero-order valence-corrected chi connectivity index (χ0v) is 14.3. The quantitative estimate of drug-likeness (QED) is 0.582. The van der Waals surface area contributed by atoms with Gasteiger partial charge in [-0.25, -0.2) is 4.79 Å². The molecular formula is C18H23N3O4. The molecule has 0 aliphatic rings. The van der Waals surface area contributed by atoms with E-state index in [2.05, 4.69) is 15.6 Å². The standard InChI is InChI=1S/C18H23N3O4/c1-3-6-15(18(24)25)21-17(23)16(20-11(2)22)9-12-10-19-14-8-5-4-7-13(12)14/h4-5,7-8,10,15-16,19H,3,6,9H2,1-2H3,(H,20,22)(H,21,23)(H,24,25). The predicted molar refractivity (Wildman–Crippen MR) is 94.1 cm³/mol. The Morgan fingerprint density at radius 1 is 1.16 bits per heavy atom. The number of para-hydroxylation sites is 1. The molecule has 25 heavy (non-hydrogen) atoms. The van der Waals surface area contributed by atoms with Crippen molar-refractivity contribution in [3.05, 3.63) is 36.0 Å². The summed E-state index contributed by atoms with van der Waals surface area (Å²) in [5.74, 6) is -1.92. The van der Waals surface area contributed by atoms with E-state index in [0.717, 1.165) is 16.5 Å². The monoisotopic (exact) mass is 345 g/mol. The fraction of sp³-hybridized carbons (Fsp3) is 0.389. The van der Waals surface area contributed by atoms with E-state index in [-0.39, 0.29) is 12.3 Å². The van der Waals surface area contributed by atoms with Gasteiger partial charge in [0.25, 0.3) is 0 Å². The maximum absolute atomic E-state index is 12.5. The van der Waals surface area contributed by atoms with Gasteiger partial charge < -0.3 is 20.7 Å². The normalized spacial score (nSPS) is 13.2. The van der Waals surface area contributed by atoms with Crippen LogP contribution in [0.1, 0.15) is 32.3 Å². The number of amides is 2. The average Bonchev–Trinajstić information content (AvgIpc) is 2.96. The van der Waals surface area contributed by atoms with Crippen molar-refractivity contribution in [3.63, 3.8) is 0 Å². The summed E-state index contributed by atoms with van der Waals surface area (Å²) in [7, 11) is 0. The van der Waals surface area contributed by atoms with Gasteiger partial charge in [0.05, 0.1) is 0 Å². The van der Waals surface area contributed by atoms with Gasteiger partial charge >= 0.3 is 5.97 Å². The van der Waals surface area contributed by atoms with E-state index in [4.69, 9.17) is 0 Å². The lowest BCUT2D eigenvalue weighted by Crippen LogP contribution is -2.52. The SMILES string of the molecule is CCCC(NC(=O)C(Cc1c[nH]c2ccccc12)NC(C)=O)C(=O)O. The van der Waals surface area contributed by atoms with Gasteiger partial charge in [0.1, 0.15) is 12.1 Å². The number of carboxylic acid groups (broad SMARTS) is 1. The number of H-pyrrole nitrogens is 1. The third kappa shape index (κ3) is 4.82. The first-order chi connectivity index (χ1) is 11.9. The highest BCUT2D eigenvalue weighted by atomic mass is 16.4. The highest BCUT2D eigenvalue weighted by Crippen LogP contribution is 2.19. The van der Waals surface area contributed by atoms with Gasteiger partial charge in [0.15, 0.2) is 0 Å². The van der Waals surface area contributed by atoms with Crippen molar-refractivity contribution in [2.45, 2.75) is 45.2 Å². The Morgan fingerprint density at radius 3 is 2.52 bits per heavy atom. The fourth-order valence-electron chi connectivity index (χ4n) is 2.79. The summed E-state index contributed by atoms with van der Waals surface area (Å²) in [4.78, 5) is 38.4. The van der Waals surface area contributed by atoms with Gasteiger partial charge in [-0.2, -0.15) is 0 Å². The van der Waals surface area contributed by atoms with Crippen LogP contribution in [0, 0.1) is 0 Å². The Kier molecular flexibility index (Phi) is 6.16. The molecule has 2 amide bonds. The summed E-state index contributed by atoms with van der Waals surface area (Å²) in [5.41, 5.74) is 1.82. The summed E-state index contributed by atoms with van der Waals surface area (Å²) in [5, 5.41) is 15.3. The molecule has 2 unspecified atom stereocenters. The molecule has 134 valence electrons. The fourth-order valence-corrected chi connectivity index (χ4v) is 2.79. The van der Waals surface area contributed by atoms with Crippen molar-refractivity contribution >= 4 is 28.7 Å². The van der Waals surface area contributed by atoms with Crippen LogP contribution in [0.2, 0.25) is 0 Å². The van der Waals surface area contributed by atoms with Crippen LogP contribution in [-0.4, -0.2) is 40.0 Å². The average molecular weight is 345 g/mol. The number of fused-ring (bicyclic) bond motifs is 1. The molecule has 0 aliphatic carbocycles. The molecule has 7 nitrogen and oxygen atoms in total. The van der Waals surface area contributed by atoms with Gasteiger partial charge in [-0.3, -0.25) is 9.59 Å². The van der Waals surface area contributed by atoms with Crippen molar-refractivity contribution in [2.75, 3.05) is 0 Å². The van der Waals surface area contributed by atoms with Crippen LogP contribution < -0.4 is 10.6 Å². The van der Waals surface area contributed by atoms with Crippen molar-refractivity contribution in [2.24, 2.45) is 0 Å². The smallest absolute Gasteiger partial charge is 0.326 e. The number of aromatic nitrogens is 1. The Balaban J connectivity index is 2.19. The second kappa shape index (κ2) is 8.32. The summed E-state index contributed by atoms with van der Waals surface area (Å²) in [6, 6.07) is 5.86. The number of benzene rings is 1. The Morgan fingerprint density at radius 2 is 1.88 bits per heavy atom. The number of carboxylic acids is 1. The van der Waals surface area contributed by atoms with Gasteiger partial charge in [-0.1, -0.05) is 31.5 Å². The minimum absolute atomic E-state index is 0.272. The summed E-state index contributed by atoms with van der Waals surface area (Å²) in [6.45, 7) is 3.18. The molecule has 2 aromatic rings. The minimum atomic E-state index is -1.08. The van der Waals surface area contributed by atoms with Crippen molar-refractivity contribution in [1.29, 1.82) is 0 Å². The van der Waals surface area contributed by atoms with Crippen LogP contribution in [0.25, 0.3) is 10.9 Å². The van der Waals surface area contributed by atoms with Gasteiger partial charge in [-0.15, -0.1) is 0 Å². The van der Waals surface area contributed by atoms with Crippen LogP contribution in [0.4, 0.5) is 0 Å². The first-order valence-electron chi connectivity index (χ1n) is 8.27. The largest absolute Gasteiger partial charge is 0.480 e. The number of carbonyl (C=O) groups is 3. The molecule has 0 saturated carbocycles. The summed E-state index contributed by atoms with van der Waals surface area (Å²) < 4.78 is 0. The highest BCUT2D eigenvalue weighted by molar-refractivity contribution is 5.91. The van der Waals surface area contributed by atoms with Gasteiger partial charge in [-0.05, 0) is 18.1 Å². The Labute approximate surface area is 145 Å². The van der Waals surface area contributed by atoms with Crippen LogP contribution in [0.5, 0.6) is 0 Å². The van der Waals surface area contributed by atoms with Gasteiger partial charge in [0, 0.05) is 30.4 Å². The van der Waals surface area contributed by atoms with Crippen molar-refractivity contribution in [1.82, 2.24) is 15.6 Å². The number of nitrogens with one attached hydrogen (secondary N) is 3. The van der Waals surface area contributed by atoms with E-state index in [1.54, 1.807) is 6.20 Å². The zero-order chi connectivity index (χ0) is 18.4. The number of aromatic amines is 1.